The summed E-state index contributed by atoms with van der Waals surface area (Å²) in [4.78, 5) is 68.4. The van der Waals surface area contributed by atoms with Crippen molar-refractivity contribution in [2.24, 2.45) is 5.28 Å². The Labute approximate surface area is 176 Å². The van der Waals surface area contributed by atoms with Gasteiger partial charge in [0.2, 0.25) is 0 Å². The largest absolute Gasteiger partial charge is 0.490 e. The van der Waals surface area contributed by atoms with Crippen LogP contribution in [0.4, 0.5) is 0 Å². The van der Waals surface area contributed by atoms with E-state index in [1.807, 2.05) is 4.98 Å². The molecule has 0 amide bonds. The van der Waals surface area contributed by atoms with E-state index in [9.17, 15) is 28.2 Å². The van der Waals surface area contributed by atoms with E-state index < -0.39 is 59.8 Å². The lowest BCUT2D eigenvalue weighted by Crippen LogP contribution is -2.33. The standard InChI is InChI=1S/C10H16N5O14P3/c1-5-3-15(10(17)12-9(5)16)8-2-6(27-14-13-11)7(26-8)4-25-31(21,22)29-32(23,24)28-30(18,19)20/h3,6-8H,2,4H2,1H3,(H,21,22)(H,23,24)(H,12,16,17)(H2,18,19,20)/t6?,7-,8-/m1/s1. The maximum absolute atomic E-state index is 12.0. The van der Waals surface area contributed by atoms with E-state index in [4.69, 9.17) is 29.8 Å². The first kappa shape index (κ1) is 26.4. The Kier molecular flexibility index (Phi) is 8.23. The van der Waals surface area contributed by atoms with Gasteiger partial charge in [0.15, 0.2) is 0 Å². The lowest BCUT2D eigenvalue weighted by atomic mass is 10.2. The molecule has 0 aromatic carbocycles. The van der Waals surface area contributed by atoms with Crippen LogP contribution in [0.3, 0.4) is 0 Å². The predicted molar refractivity (Wildman–Crippen MR) is 98.4 cm³/mol. The molecule has 5 atom stereocenters. The van der Waals surface area contributed by atoms with Crippen LogP contribution in [-0.4, -0.2) is 47.9 Å². The second kappa shape index (κ2) is 9.97. The van der Waals surface area contributed by atoms with E-state index in [1.165, 1.54) is 13.1 Å². The molecule has 1 aliphatic rings. The van der Waals surface area contributed by atoms with Gasteiger partial charge in [0.1, 0.15) is 23.7 Å². The number of aromatic amines is 1. The van der Waals surface area contributed by atoms with E-state index in [-0.39, 0.29) is 12.0 Å². The number of hydrogen-bond acceptors (Lipinski definition) is 11. The third-order valence-electron chi connectivity index (χ3n) is 3.67. The van der Waals surface area contributed by atoms with Gasteiger partial charge in [-0.05, 0) is 12.5 Å². The van der Waals surface area contributed by atoms with Crippen molar-refractivity contribution in [1.29, 1.82) is 0 Å². The monoisotopic (exact) mass is 523 g/mol. The van der Waals surface area contributed by atoms with Gasteiger partial charge in [-0.3, -0.25) is 18.9 Å². The summed E-state index contributed by atoms with van der Waals surface area (Å²) in [5.41, 5.74) is 7.06. The molecule has 2 rings (SSSR count). The molecule has 3 unspecified atom stereocenters. The Balaban J connectivity index is 2.15. The maximum Gasteiger partial charge on any atom is 0.490 e. The number of ether oxygens (including phenoxy) is 1. The van der Waals surface area contributed by atoms with Crippen LogP contribution >= 0.6 is 23.5 Å². The topological polar surface area (TPSA) is 282 Å². The molecule has 0 spiro atoms. The van der Waals surface area contributed by atoms with Gasteiger partial charge in [-0.25, -0.2) is 18.5 Å². The molecule has 1 aliphatic heterocycles. The molecule has 0 radical (unpaired) electrons. The fourth-order valence-electron chi connectivity index (χ4n) is 2.48. The summed E-state index contributed by atoms with van der Waals surface area (Å²) in [5.74, 6) is 0. The molecule has 1 aromatic heterocycles. The second-order valence-corrected chi connectivity index (χ2v) is 10.5. The number of aryl methyl sites for hydroxylation is 1. The van der Waals surface area contributed by atoms with Gasteiger partial charge in [0, 0.05) is 23.1 Å². The first-order chi connectivity index (χ1) is 14.6. The van der Waals surface area contributed by atoms with Gasteiger partial charge in [0.25, 0.3) is 5.56 Å². The zero-order chi connectivity index (χ0) is 24.3. The third-order valence-corrected chi connectivity index (χ3v) is 7.48. The van der Waals surface area contributed by atoms with Crippen LogP contribution in [0.25, 0.3) is 10.4 Å². The van der Waals surface area contributed by atoms with E-state index >= 15 is 0 Å². The van der Waals surface area contributed by atoms with Crippen molar-refractivity contribution in [3.05, 3.63) is 43.0 Å². The van der Waals surface area contributed by atoms with Crippen molar-refractivity contribution in [2.45, 2.75) is 31.8 Å². The first-order valence-corrected chi connectivity index (χ1v) is 12.6. The van der Waals surface area contributed by atoms with Gasteiger partial charge >= 0.3 is 29.2 Å². The zero-order valence-electron chi connectivity index (χ0n) is 15.7. The van der Waals surface area contributed by atoms with Crippen LogP contribution in [0.1, 0.15) is 18.2 Å². The molecule has 1 saturated heterocycles. The van der Waals surface area contributed by atoms with E-state index in [0.717, 1.165) is 4.57 Å². The van der Waals surface area contributed by atoms with Crippen LogP contribution in [0.2, 0.25) is 0 Å². The van der Waals surface area contributed by atoms with E-state index in [2.05, 4.69) is 23.3 Å². The first-order valence-electron chi connectivity index (χ1n) is 8.08. The normalized spacial score (nSPS) is 24.8. The minimum absolute atomic E-state index is 0.150. The quantitative estimate of drug-likeness (QED) is 0.0893. The molecule has 2 heterocycles. The van der Waals surface area contributed by atoms with Crippen molar-refractivity contribution in [2.75, 3.05) is 6.61 Å². The summed E-state index contributed by atoms with van der Waals surface area (Å²) in [5, 5.41) is 2.88. The van der Waals surface area contributed by atoms with Crippen molar-refractivity contribution < 1.29 is 56.0 Å². The van der Waals surface area contributed by atoms with Gasteiger partial charge in [-0.1, -0.05) is 0 Å². The SMILES string of the molecule is Cc1cn([C@H]2CC(ON=[N+]=[N-])[C@@H](COP(=O)(O)OP(=O)(O)OP(=O)(O)O)O2)c(=O)[nH]c1=O. The number of phosphoric acid groups is 3. The molecular weight excluding hydrogens is 507 g/mol. The van der Waals surface area contributed by atoms with Crippen LogP contribution < -0.4 is 11.2 Å². The smallest absolute Gasteiger partial charge is 0.427 e. The van der Waals surface area contributed by atoms with Gasteiger partial charge < -0.3 is 29.1 Å². The van der Waals surface area contributed by atoms with Crippen LogP contribution in [0, 0.1) is 6.92 Å². The Bertz CT molecular complexity index is 1150. The lowest BCUT2D eigenvalue weighted by molar-refractivity contribution is -0.0614. The molecule has 5 N–H and O–H groups in total. The van der Waals surface area contributed by atoms with Crippen molar-refractivity contribution in [3.8, 4) is 0 Å². The summed E-state index contributed by atoms with van der Waals surface area (Å²) >= 11 is 0. The van der Waals surface area contributed by atoms with Crippen molar-refractivity contribution >= 4 is 23.5 Å². The highest BCUT2D eigenvalue weighted by molar-refractivity contribution is 7.66. The molecule has 0 bridgehead atoms. The molecule has 1 aromatic rings. The predicted octanol–water partition coefficient (Wildman–Crippen LogP) is 0.0863. The molecular formula is C10H16N5O14P3. The summed E-state index contributed by atoms with van der Waals surface area (Å²) in [6.07, 6.45) is -2.61. The number of phosphoric ester groups is 1. The molecule has 0 aliphatic carbocycles. The Morgan fingerprint density at radius 1 is 1.25 bits per heavy atom. The molecule has 0 saturated carbocycles. The van der Waals surface area contributed by atoms with Gasteiger partial charge in [-0.15, -0.1) is 0 Å². The summed E-state index contributed by atoms with van der Waals surface area (Å²) < 4.78 is 51.9. The molecule has 22 heteroatoms. The summed E-state index contributed by atoms with van der Waals surface area (Å²) in [6.45, 7) is 0.493. The highest BCUT2D eigenvalue weighted by atomic mass is 31.3. The summed E-state index contributed by atoms with van der Waals surface area (Å²) in [7, 11) is -16.7. The van der Waals surface area contributed by atoms with Crippen LogP contribution in [0.15, 0.2) is 21.1 Å². The fourth-order valence-corrected chi connectivity index (χ4v) is 5.51. The minimum Gasteiger partial charge on any atom is -0.427 e. The van der Waals surface area contributed by atoms with Crippen molar-refractivity contribution in [3.63, 3.8) is 0 Å². The Morgan fingerprint density at radius 3 is 2.50 bits per heavy atom. The number of hydrogen-bond donors (Lipinski definition) is 5. The average molecular weight is 523 g/mol. The number of aromatic nitrogens is 2. The molecule has 180 valence electrons. The van der Waals surface area contributed by atoms with Crippen LogP contribution in [-0.2, 0) is 36.4 Å². The van der Waals surface area contributed by atoms with E-state index in [0.29, 0.717) is 0 Å². The number of H-pyrrole nitrogens is 1. The Morgan fingerprint density at radius 2 is 1.91 bits per heavy atom. The number of nitrogens with one attached hydrogen (secondary N) is 1. The fraction of sp³-hybridized carbons (Fsp3) is 0.600. The molecule has 32 heavy (non-hydrogen) atoms. The number of azide groups is 1. The highest BCUT2D eigenvalue weighted by Gasteiger charge is 2.43. The van der Waals surface area contributed by atoms with Crippen LogP contribution in [0.5, 0.6) is 0 Å². The van der Waals surface area contributed by atoms with Crippen molar-refractivity contribution in [1.82, 2.24) is 9.55 Å². The maximum atomic E-state index is 12.0. The lowest BCUT2D eigenvalue weighted by Gasteiger charge is -2.20. The molecule has 19 nitrogen and oxygen atoms in total. The molecule has 1 fully saturated rings. The summed E-state index contributed by atoms with van der Waals surface area (Å²) in [6, 6.07) is 0. The minimum atomic E-state index is -5.73. The number of nitrogens with zero attached hydrogens (tertiary/aromatic N) is 4. The third kappa shape index (κ3) is 7.64. The Hall–Kier alpha value is -1.84. The van der Waals surface area contributed by atoms with Gasteiger partial charge in [-0.2, -0.15) is 8.62 Å². The van der Waals surface area contributed by atoms with E-state index in [1.54, 1.807) is 0 Å². The zero-order valence-corrected chi connectivity index (χ0v) is 18.4. The van der Waals surface area contributed by atoms with Gasteiger partial charge in [0.05, 0.1) is 6.61 Å². The average Bonchev–Trinajstić information content (AvgIpc) is 3.01. The number of rotatable bonds is 10. The second-order valence-electron chi connectivity index (χ2n) is 6.05. The highest BCUT2D eigenvalue weighted by Crippen LogP contribution is 2.66.